The lowest BCUT2D eigenvalue weighted by Crippen LogP contribution is -2.19. The predicted octanol–water partition coefficient (Wildman–Crippen LogP) is 5.84. The largest absolute Gasteiger partial charge is 0.295 e. The second-order valence-electron chi connectivity index (χ2n) is 6.65. The molecule has 1 heteroatoms. The SMILES string of the molecule is CC=CC(=O)C1CCC(c2ccc(CCCCC)cc2)CC1. The highest BCUT2D eigenvalue weighted by Gasteiger charge is 2.25. The molecular formula is C21H30O. The molecule has 1 aromatic rings. The molecule has 0 bridgehead atoms. The Morgan fingerprint density at radius 2 is 1.77 bits per heavy atom. The Kier molecular flexibility index (Phi) is 6.89. The molecule has 120 valence electrons. The fourth-order valence-corrected chi connectivity index (χ4v) is 3.55. The van der Waals surface area contributed by atoms with Gasteiger partial charge in [0.15, 0.2) is 5.78 Å². The van der Waals surface area contributed by atoms with Crippen molar-refractivity contribution < 1.29 is 4.79 Å². The number of benzene rings is 1. The lowest BCUT2D eigenvalue weighted by Gasteiger charge is -2.27. The van der Waals surface area contributed by atoms with Crippen molar-refractivity contribution in [3.05, 3.63) is 47.5 Å². The summed E-state index contributed by atoms with van der Waals surface area (Å²) >= 11 is 0. The van der Waals surface area contributed by atoms with Crippen molar-refractivity contribution >= 4 is 5.78 Å². The zero-order valence-corrected chi connectivity index (χ0v) is 14.2. The van der Waals surface area contributed by atoms with E-state index in [0.29, 0.717) is 11.7 Å². The Balaban J connectivity index is 1.85. The molecule has 0 unspecified atom stereocenters. The molecule has 1 aliphatic rings. The van der Waals surface area contributed by atoms with E-state index in [0.717, 1.165) is 25.7 Å². The van der Waals surface area contributed by atoms with E-state index < -0.39 is 0 Å². The Bertz CT molecular complexity index is 475. The third kappa shape index (κ3) is 4.83. The summed E-state index contributed by atoms with van der Waals surface area (Å²) in [5.41, 5.74) is 2.94. The first-order chi connectivity index (χ1) is 10.7. The molecule has 1 saturated carbocycles. The van der Waals surface area contributed by atoms with Crippen LogP contribution in [0.1, 0.15) is 75.8 Å². The van der Waals surface area contributed by atoms with Crippen LogP contribution < -0.4 is 0 Å². The van der Waals surface area contributed by atoms with Crippen LogP contribution in [0.5, 0.6) is 0 Å². The lowest BCUT2D eigenvalue weighted by molar-refractivity contribution is -0.119. The van der Waals surface area contributed by atoms with Crippen molar-refractivity contribution in [2.24, 2.45) is 5.92 Å². The Labute approximate surface area is 135 Å². The molecule has 0 aliphatic heterocycles. The van der Waals surface area contributed by atoms with Crippen molar-refractivity contribution in [3.63, 3.8) is 0 Å². The molecule has 1 nitrogen and oxygen atoms in total. The van der Waals surface area contributed by atoms with Gasteiger partial charge < -0.3 is 0 Å². The van der Waals surface area contributed by atoms with E-state index in [-0.39, 0.29) is 5.92 Å². The van der Waals surface area contributed by atoms with Gasteiger partial charge in [0.25, 0.3) is 0 Å². The van der Waals surface area contributed by atoms with Gasteiger partial charge in [-0.1, -0.05) is 50.1 Å². The van der Waals surface area contributed by atoms with Gasteiger partial charge in [0.1, 0.15) is 0 Å². The van der Waals surface area contributed by atoms with Crippen LogP contribution in [0.4, 0.5) is 0 Å². The van der Waals surface area contributed by atoms with Gasteiger partial charge in [-0.2, -0.15) is 0 Å². The molecule has 1 aliphatic carbocycles. The molecule has 0 saturated heterocycles. The van der Waals surface area contributed by atoms with E-state index in [1.54, 1.807) is 6.08 Å². The average molecular weight is 298 g/mol. The molecule has 0 N–H and O–H groups in total. The summed E-state index contributed by atoms with van der Waals surface area (Å²) in [6.07, 6.45) is 13.1. The number of rotatable bonds is 7. The first-order valence-corrected chi connectivity index (χ1v) is 9.00. The van der Waals surface area contributed by atoms with Crippen molar-refractivity contribution in [3.8, 4) is 0 Å². The maximum atomic E-state index is 11.9. The van der Waals surface area contributed by atoms with Crippen LogP contribution >= 0.6 is 0 Å². The number of hydrogen-bond acceptors (Lipinski definition) is 1. The van der Waals surface area contributed by atoms with Gasteiger partial charge in [-0.05, 0) is 68.6 Å². The van der Waals surface area contributed by atoms with E-state index in [2.05, 4.69) is 31.2 Å². The number of hydrogen-bond donors (Lipinski definition) is 0. The number of allylic oxidation sites excluding steroid dienone is 2. The number of aryl methyl sites for hydroxylation is 1. The van der Waals surface area contributed by atoms with Crippen LogP contribution in [0.15, 0.2) is 36.4 Å². The third-order valence-electron chi connectivity index (χ3n) is 4.98. The number of unbranched alkanes of at least 4 members (excludes halogenated alkanes) is 2. The first kappa shape index (κ1) is 17.0. The van der Waals surface area contributed by atoms with Gasteiger partial charge in [-0.3, -0.25) is 4.79 Å². The van der Waals surface area contributed by atoms with Crippen molar-refractivity contribution in [2.45, 2.75) is 71.1 Å². The summed E-state index contributed by atoms with van der Waals surface area (Å²) in [4.78, 5) is 11.9. The second kappa shape index (κ2) is 8.92. The second-order valence-corrected chi connectivity index (χ2v) is 6.65. The minimum Gasteiger partial charge on any atom is -0.295 e. The van der Waals surface area contributed by atoms with Crippen molar-refractivity contribution in [1.29, 1.82) is 0 Å². The fourth-order valence-electron chi connectivity index (χ4n) is 3.55. The highest BCUT2D eigenvalue weighted by molar-refractivity contribution is 5.91. The van der Waals surface area contributed by atoms with Gasteiger partial charge >= 0.3 is 0 Å². The summed E-state index contributed by atoms with van der Waals surface area (Å²) in [6.45, 7) is 4.17. The van der Waals surface area contributed by atoms with Gasteiger partial charge in [0.2, 0.25) is 0 Å². The minimum atomic E-state index is 0.265. The lowest BCUT2D eigenvalue weighted by atomic mass is 9.77. The number of ketones is 1. The summed E-state index contributed by atoms with van der Waals surface area (Å²) in [6, 6.07) is 9.25. The maximum Gasteiger partial charge on any atom is 0.158 e. The highest BCUT2D eigenvalue weighted by Crippen LogP contribution is 2.36. The Morgan fingerprint density at radius 1 is 1.09 bits per heavy atom. The van der Waals surface area contributed by atoms with E-state index in [1.165, 1.54) is 36.8 Å². The molecule has 0 aromatic heterocycles. The van der Waals surface area contributed by atoms with Crippen LogP contribution in [-0.4, -0.2) is 5.78 Å². The van der Waals surface area contributed by atoms with E-state index >= 15 is 0 Å². The van der Waals surface area contributed by atoms with Gasteiger partial charge in [0, 0.05) is 5.92 Å². The van der Waals surface area contributed by atoms with Crippen LogP contribution in [0, 0.1) is 5.92 Å². The summed E-state index contributed by atoms with van der Waals surface area (Å²) in [5, 5.41) is 0. The standard InChI is InChI=1S/C21H30O/c1-3-5-6-8-17-9-11-18(12-10-17)19-13-15-20(16-14-19)21(22)7-4-2/h4,7,9-12,19-20H,3,5-6,8,13-16H2,1-2H3. The molecule has 0 amide bonds. The molecule has 0 heterocycles. The monoisotopic (exact) mass is 298 g/mol. The van der Waals surface area contributed by atoms with Crippen LogP contribution in [0.3, 0.4) is 0 Å². The van der Waals surface area contributed by atoms with Crippen LogP contribution in [0.2, 0.25) is 0 Å². The topological polar surface area (TPSA) is 17.1 Å². The van der Waals surface area contributed by atoms with Crippen LogP contribution in [-0.2, 0) is 11.2 Å². The minimum absolute atomic E-state index is 0.265. The van der Waals surface area contributed by atoms with Gasteiger partial charge in [-0.15, -0.1) is 0 Å². The molecular weight excluding hydrogens is 268 g/mol. The molecule has 1 aromatic carbocycles. The first-order valence-electron chi connectivity index (χ1n) is 9.00. The van der Waals surface area contributed by atoms with Crippen molar-refractivity contribution in [1.82, 2.24) is 0 Å². The van der Waals surface area contributed by atoms with E-state index in [1.807, 2.05) is 13.0 Å². The summed E-state index contributed by atoms with van der Waals surface area (Å²) < 4.78 is 0. The molecule has 22 heavy (non-hydrogen) atoms. The molecule has 2 rings (SSSR count). The van der Waals surface area contributed by atoms with Crippen molar-refractivity contribution in [2.75, 3.05) is 0 Å². The maximum absolute atomic E-state index is 11.9. The van der Waals surface area contributed by atoms with E-state index in [4.69, 9.17) is 0 Å². The zero-order valence-electron chi connectivity index (χ0n) is 14.2. The normalized spacial score (nSPS) is 22.1. The Hall–Kier alpha value is -1.37. The molecule has 0 spiro atoms. The molecule has 0 radical (unpaired) electrons. The predicted molar refractivity (Wildman–Crippen MR) is 94.2 cm³/mol. The highest BCUT2D eigenvalue weighted by atomic mass is 16.1. The molecule has 1 fully saturated rings. The number of carbonyl (C=O) groups is 1. The Morgan fingerprint density at radius 3 is 2.36 bits per heavy atom. The van der Waals surface area contributed by atoms with E-state index in [9.17, 15) is 4.79 Å². The fraction of sp³-hybridized carbons (Fsp3) is 0.571. The summed E-state index contributed by atoms with van der Waals surface area (Å²) in [5.74, 6) is 1.24. The van der Waals surface area contributed by atoms with Gasteiger partial charge in [0.05, 0.1) is 0 Å². The quantitative estimate of drug-likeness (QED) is 0.456. The van der Waals surface area contributed by atoms with Gasteiger partial charge in [-0.25, -0.2) is 0 Å². The number of carbonyl (C=O) groups excluding carboxylic acids is 1. The smallest absolute Gasteiger partial charge is 0.158 e. The summed E-state index contributed by atoms with van der Waals surface area (Å²) in [7, 11) is 0. The molecule has 0 atom stereocenters. The zero-order chi connectivity index (χ0) is 15.8. The average Bonchev–Trinajstić information content (AvgIpc) is 2.56. The third-order valence-corrected chi connectivity index (χ3v) is 4.98. The van der Waals surface area contributed by atoms with Crippen LogP contribution in [0.25, 0.3) is 0 Å².